The second kappa shape index (κ2) is 8.50. The third kappa shape index (κ3) is 5.04. The average Bonchev–Trinajstić information content (AvgIpc) is 3.15. The van der Waals surface area contributed by atoms with Crippen LogP contribution in [0.2, 0.25) is 0 Å². The van der Waals surface area contributed by atoms with Crippen LogP contribution in [0.5, 0.6) is 0 Å². The average molecular weight is 420 g/mol. The minimum atomic E-state index is -3.85. The summed E-state index contributed by atoms with van der Waals surface area (Å²) in [5, 5.41) is 6.48. The van der Waals surface area contributed by atoms with E-state index in [1.165, 1.54) is 17.1 Å². The molecule has 0 saturated carbocycles. The van der Waals surface area contributed by atoms with Crippen molar-refractivity contribution in [3.05, 3.63) is 83.7 Å². The van der Waals surface area contributed by atoms with Gasteiger partial charge in [0.2, 0.25) is 10.0 Å². The standard InChI is InChI=1S/C19H18F2N4O3S/c1-25-12-15(10-22-25)29(27,28)23-11-18(13-5-3-2-4-6-13)24-19(26)14-7-8-16(20)17(21)9-14/h2-10,12,18,23H,11H2,1H3,(H,24,26). The predicted molar refractivity (Wildman–Crippen MR) is 101 cm³/mol. The first kappa shape index (κ1) is 20.6. The van der Waals surface area contributed by atoms with Crippen LogP contribution in [0.4, 0.5) is 8.78 Å². The highest BCUT2D eigenvalue weighted by atomic mass is 32.2. The van der Waals surface area contributed by atoms with E-state index < -0.39 is 33.6 Å². The Morgan fingerprint density at radius 3 is 2.48 bits per heavy atom. The smallest absolute Gasteiger partial charge is 0.251 e. The molecule has 1 aromatic heterocycles. The van der Waals surface area contributed by atoms with Crippen LogP contribution in [0.1, 0.15) is 22.0 Å². The predicted octanol–water partition coefficient (Wildman–Crippen LogP) is 2.15. The quantitative estimate of drug-likeness (QED) is 0.613. The number of amides is 1. The number of carbonyl (C=O) groups excluding carboxylic acids is 1. The molecule has 2 N–H and O–H groups in total. The molecule has 1 atom stereocenters. The Labute approximate surface area is 166 Å². The molecule has 7 nitrogen and oxygen atoms in total. The van der Waals surface area contributed by atoms with E-state index in [4.69, 9.17) is 0 Å². The van der Waals surface area contributed by atoms with Gasteiger partial charge in [-0.2, -0.15) is 5.10 Å². The van der Waals surface area contributed by atoms with Crippen molar-refractivity contribution in [1.29, 1.82) is 0 Å². The van der Waals surface area contributed by atoms with Crippen LogP contribution in [0.25, 0.3) is 0 Å². The third-order valence-corrected chi connectivity index (χ3v) is 5.54. The van der Waals surface area contributed by atoms with Gasteiger partial charge in [-0.25, -0.2) is 21.9 Å². The number of benzene rings is 2. The Morgan fingerprint density at radius 1 is 1.14 bits per heavy atom. The van der Waals surface area contributed by atoms with Crippen LogP contribution in [-0.2, 0) is 17.1 Å². The van der Waals surface area contributed by atoms with Gasteiger partial charge in [0.25, 0.3) is 5.91 Å². The number of carbonyl (C=O) groups is 1. The van der Waals surface area contributed by atoms with E-state index in [2.05, 4.69) is 15.1 Å². The van der Waals surface area contributed by atoms with Crippen LogP contribution >= 0.6 is 0 Å². The maximum absolute atomic E-state index is 13.4. The lowest BCUT2D eigenvalue weighted by atomic mass is 10.1. The van der Waals surface area contributed by atoms with Gasteiger partial charge in [0.1, 0.15) is 4.90 Å². The van der Waals surface area contributed by atoms with E-state index in [-0.39, 0.29) is 17.0 Å². The van der Waals surface area contributed by atoms with Gasteiger partial charge in [0.05, 0.1) is 12.2 Å². The highest BCUT2D eigenvalue weighted by Crippen LogP contribution is 2.16. The van der Waals surface area contributed by atoms with Crippen LogP contribution in [0.3, 0.4) is 0 Å². The van der Waals surface area contributed by atoms with E-state index in [9.17, 15) is 22.0 Å². The molecule has 152 valence electrons. The van der Waals surface area contributed by atoms with Crippen molar-refractivity contribution in [2.24, 2.45) is 7.05 Å². The number of nitrogens with one attached hydrogen (secondary N) is 2. The van der Waals surface area contributed by atoms with E-state index in [1.807, 2.05) is 0 Å². The zero-order chi connectivity index (χ0) is 21.0. The van der Waals surface area contributed by atoms with Crippen molar-refractivity contribution in [3.8, 4) is 0 Å². The molecule has 0 bridgehead atoms. The summed E-state index contributed by atoms with van der Waals surface area (Å²) >= 11 is 0. The zero-order valence-electron chi connectivity index (χ0n) is 15.3. The van der Waals surface area contributed by atoms with Crippen LogP contribution in [-0.4, -0.2) is 30.7 Å². The number of sulfonamides is 1. The van der Waals surface area contributed by atoms with Gasteiger partial charge in [-0.1, -0.05) is 30.3 Å². The highest BCUT2D eigenvalue weighted by Gasteiger charge is 2.21. The number of nitrogens with zero attached hydrogens (tertiary/aromatic N) is 2. The molecule has 0 fully saturated rings. The second-order valence-electron chi connectivity index (χ2n) is 6.27. The Hall–Kier alpha value is -3.11. The molecule has 0 saturated heterocycles. The minimum absolute atomic E-state index is 0.0151. The Kier molecular flexibility index (Phi) is 6.04. The second-order valence-corrected chi connectivity index (χ2v) is 8.03. The molecule has 0 radical (unpaired) electrons. The number of halogens is 2. The maximum atomic E-state index is 13.4. The molecule has 1 unspecified atom stereocenters. The summed E-state index contributed by atoms with van der Waals surface area (Å²) in [7, 11) is -2.26. The molecular weight excluding hydrogens is 402 g/mol. The number of rotatable bonds is 7. The van der Waals surface area contributed by atoms with Gasteiger partial charge < -0.3 is 5.32 Å². The fourth-order valence-corrected chi connectivity index (χ4v) is 3.66. The SMILES string of the molecule is Cn1cc(S(=O)(=O)NCC(NC(=O)c2ccc(F)c(F)c2)c2ccccc2)cn1. The summed E-state index contributed by atoms with van der Waals surface area (Å²) in [5.74, 6) is -2.88. The van der Waals surface area contributed by atoms with E-state index in [0.717, 1.165) is 18.2 Å². The van der Waals surface area contributed by atoms with Crippen molar-refractivity contribution >= 4 is 15.9 Å². The number of hydrogen-bond acceptors (Lipinski definition) is 4. The van der Waals surface area contributed by atoms with Crippen LogP contribution in [0, 0.1) is 11.6 Å². The summed E-state index contributed by atoms with van der Waals surface area (Å²) in [4.78, 5) is 12.5. The topological polar surface area (TPSA) is 93.1 Å². The lowest BCUT2D eigenvalue weighted by molar-refractivity contribution is 0.0936. The molecule has 3 rings (SSSR count). The van der Waals surface area contributed by atoms with Gasteiger partial charge in [0, 0.05) is 25.4 Å². The molecule has 0 aliphatic heterocycles. The first-order valence-electron chi connectivity index (χ1n) is 8.55. The molecule has 1 amide bonds. The molecule has 29 heavy (non-hydrogen) atoms. The lowest BCUT2D eigenvalue weighted by Gasteiger charge is -2.20. The van der Waals surface area contributed by atoms with Crippen molar-refractivity contribution in [2.75, 3.05) is 6.54 Å². The molecular formula is C19H18F2N4O3S. The molecule has 0 aliphatic carbocycles. The number of aryl methyl sites for hydroxylation is 1. The van der Waals surface area contributed by atoms with E-state index >= 15 is 0 Å². The van der Waals surface area contributed by atoms with Gasteiger partial charge in [-0.15, -0.1) is 0 Å². The Bertz CT molecular complexity index is 1120. The fraction of sp³-hybridized carbons (Fsp3) is 0.158. The fourth-order valence-electron chi connectivity index (χ4n) is 2.63. The van der Waals surface area contributed by atoms with Crippen molar-refractivity contribution in [2.45, 2.75) is 10.9 Å². The summed E-state index contributed by atoms with van der Waals surface area (Å²) in [6.45, 7) is -0.156. The van der Waals surface area contributed by atoms with Crippen molar-refractivity contribution in [3.63, 3.8) is 0 Å². The Morgan fingerprint density at radius 2 is 1.86 bits per heavy atom. The number of aromatic nitrogens is 2. The van der Waals surface area contributed by atoms with Crippen molar-refractivity contribution < 1.29 is 22.0 Å². The van der Waals surface area contributed by atoms with E-state index in [1.54, 1.807) is 37.4 Å². The Balaban J connectivity index is 1.80. The van der Waals surface area contributed by atoms with Gasteiger partial charge in [0.15, 0.2) is 11.6 Å². The first-order chi connectivity index (χ1) is 13.8. The maximum Gasteiger partial charge on any atom is 0.251 e. The highest BCUT2D eigenvalue weighted by molar-refractivity contribution is 7.89. The van der Waals surface area contributed by atoms with Crippen LogP contribution < -0.4 is 10.0 Å². The van der Waals surface area contributed by atoms with Gasteiger partial charge >= 0.3 is 0 Å². The minimum Gasteiger partial charge on any atom is -0.344 e. The van der Waals surface area contributed by atoms with Gasteiger partial charge in [-0.3, -0.25) is 9.48 Å². The van der Waals surface area contributed by atoms with Gasteiger partial charge in [-0.05, 0) is 23.8 Å². The van der Waals surface area contributed by atoms with Crippen molar-refractivity contribution in [1.82, 2.24) is 19.8 Å². The summed E-state index contributed by atoms with van der Waals surface area (Å²) < 4.78 is 55.2. The summed E-state index contributed by atoms with van der Waals surface area (Å²) in [5.41, 5.74) is 0.553. The summed E-state index contributed by atoms with van der Waals surface area (Å²) in [6.07, 6.45) is 2.56. The molecule has 2 aromatic carbocycles. The molecule has 0 spiro atoms. The largest absolute Gasteiger partial charge is 0.344 e. The molecule has 1 heterocycles. The third-order valence-electron chi connectivity index (χ3n) is 4.16. The zero-order valence-corrected chi connectivity index (χ0v) is 16.2. The number of hydrogen-bond donors (Lipinski definition) is 2. The lowest BCUT2D eigenvalue weighted by Crippen LogP contribution is -2.37. The summed E-state index contributed by atoms with van der Waals surface area (Å²) in [6, 6.07) is 10.7. The monoisotopic (exact) mass is 420 g/mol. The first-order valence-corrected chi connectivity index (χ1v) is 10.0. The molecule has 3 aromatic rings. The van der Waals surface area contributed by atoms with E-state index in [0.29, 0.717) is 5.56 Å². The molecule has 10 heteroatoms. The molecule has 0 aliphatic rings. The van der Waals surface area contributed by atoms with Crippen LogP contribution in [0.15, 0.2) is 65.8 Å². The normalized spacial score (nSPS) is 12.5.